The summed E-state index contributed by atoms with van der Waals surface area (Å²) < 4.78 is 0. The van der Waals surface area contributed by atoms with E-state index in [9.17, 15) is 5.11 Å². The molecule has 19 heavy (non-hydrogen) atoms. The molecule has 0 amide bonds. The number of aliphatic hydroxyl groups is 1. The molecule has 1 aliphatic rings. The Bertz CT molecular complexity index is 402. The number of anilines is 2. The molecule has 0 spiro atoms. The van der Waals surface area contributed by atoms with Gasteiger partial charge in [0.25, 0.3) is 0 Å². The lowest BCUT2D eigenvalue weighted by Gasteiger charge is -2.30. The van der Waals surface area contributed by atoms with Crippen molar-refractivity contribution >= 4 is 11.4 Å². The fourth-order valence-corrected chi connectivity index (χ4v) is 2.73. The minimum Gasteiger partial charge on any atom is -0.388 e. The molecule has 1 saturated carbocycles. The maximum Gasteiger partial charge on any atom is 0.0821 e. The first-order valence-corrected chi connectivity index (χ1v) is 7.25. The van der Waals surface area contributed by atoms with E-state index in [4.69, 9.17) is 0 Å². The monoisotopic (exact) mass is 263 g/mol. The van der Waals surface area contributed by atoms with Crippen molar-refractivity contribution in [1.82, 2.24) is 4.98 Å². The van der Waals surface area contributed by atoms with Gasteiger partial charge in [0, 0.05) is 20.1 Å². The molecule has 4 heteroatoms. The SMILES string of the molecule is CCCNc1cncc(N(C)CC2(O)CCCC2)c1. The Labute approximate surface area is 115 Å². The number of hydrogen-bond donors (Lipinski definition) is 2. The highest BCUT2D eigenvalue weighted by molar-refractivity contribution is 5.55. The standard InChI is InChI=1S/C15H25N3O/c1-3-8-17-13-9-14(11-16-10-13)18(2)12-15(19)6-4-5-7-15/h9-11,17,19H,3-8,12H2,1-2H3. The van der Waals surface area contributed by atoms with E-state index in [0.717, 1.165) is 50.0 Å². The minimum atomic E-state index is -0.512. The Morgan fingerprint density at radius 2 is 2.11 bits per heavy atom. The van der Waals surface area contributed by atoms with Crippen molar-refractivity contribution in [3.8, 4) is 0 Å². The van der Waals surface area contributed by atoms with Crippen molar-refractivity contribution in [1.29, 1.82) is 0 Å². The maximum absolute atomic E-state index is 10.5. The number of nitrogens with zero attached hydrogens (tertiary/aromatic N) is 2. The molecule has 1 fully saturated rings. The Balaban J connectivity index is 1.99. The third-order valence-corrected chi connectivity index (χ3v) is 3.81. The highest BCUT2D eigenvalue weighted by atomic mass is 16.3. The number of likely N-dealkylation sites (N-methyl/N-ethyl adjacent to an activating group) is 1. The number of rotatable bonds is 6. The summed E-state index contributed by atoms with van der Waals surface area (Å²) in [6, 6.07) is 2.10. The molecule has 0 unspecified atom stereocenters. The average molecular weight is 263 g/mol. The molecule has 4 nitrogen and oxygen atoms in total. The summed E-state index contributed by atoms with van der Waals surface area (Å²) in [6.45, 7) is 3.79. The average Bonchev–Trinajstić information content (AvgIpc) is 2.83. The van der Waals surface area contributed by atoms with Crippen LogP contribution in [0, 0.1) is 0 Å². The normalized spacial score (nSPS) is 17.4. The van der Waals surface area contributed by atoms with E-state index in [0.29, 0.717) is 6.54 Å². The van der Waals surface area contributed by atoms with Crippen LogP contribution in [0.2, 0.25) is 0 Å². The second-order valence-corrected chi connectivity index (χ2v) is 5.65. The summed E-state index contributed by atoms with van der Waals surface area (Å²) >= 11 is 0. The number of nitrogens with one attached hydrogen (secondary N) is 1. The molecule has 1 aromatic heterocycles. The van der Waals surface area contributed by atoms with E-state index in [-0.39, 0.29) is 0 Å². The Hall–Kier alpha value is -1.29. The molecule has 1 aliphatic carbocycles. The van der Waals surface area contributed by atoms with Crippen LogP contribution in [0.3, 0.4) is 0 Å². The van der Waals surface area contributed by atoms with E-state index < -0.39 is 5.60 Å². The van der Waals surface area contributed by atoms with Crippen LogP contribution in [0.25, 0.3) is 0 Å². The largest absolute Gasteiger partial charge is 0.388 e. The van der Waals surface area contributed by atoms with Crippen LogP contribution >= 0.6 is 0 Å². The van der Waals surface area contributed by atoms with E-state index >= 15 is 0 Å². The molecular formula is C15H25N3O. The minimum absolute atomic E-state index is 0.512. The summed E-state index contributed by atoms with van der Waals surface area (Å²) in [6.07, 6.45) is 8.91. The molecule has 0 aromatic carbocycles. The van der Waals surface area contributed by atoms with Gasteiger partial charge in [-0.2, -0.15) is 0 Å². The molecule has 0 aliphatic heterocycles. The predicted molar refractivity (Wildman–Crippen MR) is 79.7 cm³/mol. The lowest BCUT2D eigenvalue weighted by Crippen LogP contribution is -2.39. The van der Waals surface area contributed by atoms with Gasteiger partial charge in [-0.05, 0) is 25.3 Å². The van der Waals surface area contributed by atoms with Crippen molar-refractivity contribution < 1.29 is 5.11 Å². The van der Waals surface area contributed by atoms with Crippen molar-refractivity contribution in [3.05, 3.63) is 18.5 Å². The van der Waals surface area contributed by atoms with Crippen molar-refractivity contribution in [2.24, 2.45) is 0 Å². The smallest absolute Gasteiger partial charge is 0.0821 e. The van der Waals surface area contributed by atoms with Gasteiger partial charge in [-0.15, -0.1) is 0 Å². The van der Waals surface area contributed by atoms with Crippen molar-refractivity contribution in [2.45, 2.75) is 44.6 Å². The fraction of sp³-hybridized carbons (Fsp3) is 0.667. The van der Waals surface area contributed by atoms with Gasteiger partial charge in [0.05, 0.1) is 29.4 Å². The van der Waals surface area contributed by atoms with Gasteiger partial charge in [0.2, 0.25) is 0 Å². The van der Waals surface area contributed by atoms with Gasteiger partial charge in [0.15, 0.2) is 0 Å². The predicted octanol–water partition coefficient (Wildman–Crippen LogP) is 2.64. The molecule has 1 aromatic rings. The second-order valence-electron chi connectivity index (χ2n) is 5.65. The van der Waals surface area contributed by atoms with Crippen molar-refractivity contribution in [3.63, 3.8) is 0 Å². The van der Waals surface area contributed by atoms with Crippen LogP contribution in [-0.2, 0) is 0 Å². The third kappa shape index (κ3) is 3.83. The molecule has 106 valence electrons. The summed E-state index contributed by atoms with van der Waals surface area (Å²) in [5.41, 5.74) is 1.59. The molecule has 0 bridgehead atoms. The van der Waals surface area contributed by atoms with Gasteiger partial charge < -0.3 is 15.3 Å². The van der Waals surface area contributed by atoms with Crippen molar-refractivity contribution in [2.75, 3.05) is 30.4 Å². The highest BCUT2D eigenvalue weighted by Crippen LogP contribution is 2.31. The topological polar surface area (TPSA) is 48.4 Å². The number of hydrogen-bond acceptors (Lipinski definition) is 4. The van der Waals surface area contributed by atoms with Crippen LogP contribution in [-0.4, -0.2) is 35.8 Å². The first-order chi connectivity index (χ1) is 9.13. The molecule has 0 radical (unpaired) electrons. The summed E-state index contributed by atoms with van der Waals surface area (Å²) in [5, 5.41) is 13.8. The van der Waals surface area contributed by atoms with E-state index in [1.807, 2.05) is 19.4 Å². The molecule has 2 rings (SSSR count). The van der Waals surface area contributed by atoms with Gasteiger partial charge in [0.1, 0.15) is 0 Å². The lowest BCUT2D eigenvalue weighted by molar-refractivity contribution is 0.0559. The van der Waals surface area contributed by atoms with Gasteiger partial charge in [-0.1, -0.05) is 19.8 Å². The molecule has 0 atom stereocenters. The fourth-order valence-electron chi connectivity index (χ4n) is 2.73. The quantitative estimate of drug-likeness (QED) is 0.828. The Kier molecular flexibility index (Phi) is 4.64. The Morgan fingerprint density at radius 1 is 1.37 bits per heavy atom. The first-order valence-electron chi connectivity index (χ1n) is 7.25. The van der Waals surface area contributed by atoms with E-state index in [1.165, 1.54) is 0 Å². The lowest BCUT2D eigenvalue weighted by atomic mass is 10.0. The first kappa shape index (κ1) is 14.1. The van der Waals surface area contributed by atoms with Crippen LogP contribution in [0.1, 0.15) is 39.0 Å². The summed E-state index contributed by atoms with van der Waals surface area (Å²) in [5.74, 6) is 0. The zero-order valence-corrected chi connectivity index (χ0v) is 12.0. The van der Waals surface area contributed by atoms with E-state index in [1.54, 1.807) is 0 Å². The highest BCUT2D eigenvalue weighted by Gasteiger charge is 2.32. The Morgan fingerprint density at radius 3 is 2.79 bits per heavy atom. The van der Waals surface area contributed by atoms with Crippen LogP contribution in [0.4, 0.5) is 11.4 Å². The molecular weight excluding hydrogens is 238 g/mol. The zero-order chi connectivity index (χ0) is 13.7. The van der Waals surface area contributed by atoms with Gasteiger partial charge in [-0.25, -0.2) is 0 Å². The summed E-state index contributed by atoms with van der Waals surface area (Å²) in [4.78, 5) is 6.38. The number of aromatic nitrogens is 1. The molecule has 2 N–H and O–H groups in total. The molecule has 0 saturated heterocycles. The van der Waals surface area contributed by atoms with Gasteiger partial charge in [-0.3, -0.25) is 4.98 Å². The third-order valence-electron chi connectivity index (χ3n) is 3.81. The molecule has 1 heterocycles. The summed E-state index contributed by atoms with van der Waals surface area (Å²) in [7, 11) is 2.02. The maximum atomic E-state index is 10.5. The van der Waals surface area contributed by atoms with Crippen LogP contribution in [0.15, 0.2) is 18.5 Å². The van der Waals surface area contributed by atoms with E-state index in [2.05, 4.69) is 28.2 Å². The van der Waals surface area contributed by atoms with Gasteiger partial charge >= 0.3 is 0 Å². The van der Waals surface area contributed by atoms with Crippen LogP contribution in [0.5, 0.6) is 0 Å². The second kappa shape index (κ2) is 6.24. The number of pyridine rings is 1. The zero-order valence-electron chi connectivity index (χ0n) is 12.0. The van der Waals surface area contributed by atoms with Crippen LogP contribution < -0.4 is 10.2 Å².